The number of likely N-dealkylation sites (N-methyl/N-ethyl adjacent to an activating group) is 1. The molecule has 0 amide bonds. The number of carbonyl (C=O) groups is 2. The van der Waals surface area contributed by atoms with E-state index in [1.807, 2.05) is 40.2 Å². The molecule has 0 saturated carbocycles. The maximum atomic E-state index is 12.7. The van der Waals surface area contributed by atoms with Gasteiger partial charge in [0.25, 0.3) is 7.82 Å². The quantitative estimate of drug-likeness (QED) is 0.0211. The van der Waals surface area contributed by atoms with Gasteiger partial charge in [-0.2, -0.15) is 0 Å². The normalized spacial score (nSPS) is 14.9. The van der Waals surface area contributed by atoms with Crippen molar-refractivity contribution in [2.75, 3.05) is 47.5 Å². The average Bonchev–Trinajstić information content (AvgIpc) is 3.17. The van der Waals surface area contributed by atoms with Crippen LogP contribution in [0.5, 0.6) is 0 Å². The van der Waals surface area contributed by atoms with Gasteiger partial charge in [0.05, 0.1) is 33.9 Å². The van der Waals surface area contributed by atoms with Gasteiger partial charge < -0.3 is 33.0 Å². The van der Waals surface area contributed by atoms with E-state index in [-0.39, 0.29) is 32.2 Å². The molecule has 0 aliphatic rings. The Morgan fingerprint density at radius 1 is 0.610 bits per heavy atom. The molecule has 0 aliphatic heterocycles. The molecule has 0 bridgehead atoms. The third kappa shape index (κ3) is 44.5. The fraction of sp³-hybridized carbons (Fsp3) is 0.667. The Hall–Kier alpha value is -2.85. The number of ether oxygens (including phenoxy) is 2. The molecule has 0 aliphatic carbocycles. The van der Waals surface area contributed by atoms with E-state index in [0.29, 0.717) is 36.7 Å². The molecule has 1 unspecified atom stereocenters. The highest BCUT2D eigenvalue weighted by Crippen LogP contribution is 2.38. The highest BCUT2D eigenvalue weighted by atomic mass is 31.2. The van der Waals surface area contributed by atoms with E-state index in [1.54, 1.807) is 0 Å². The van der Waals surface area contributed by atoms with Crippen LogP contribution in [0.1, 0.15) is 149 Å². The number of hydrogen-bond donors (Lipinski definition) is 1. The Balaban J connectivity index is 4.55. The Morgan fingerprint density at radius 2 is 1.05 bits per heavy atom. The second kappa shape index (κ2) is 39.3. The number of phosphoric ester groups is 1. The van der Waals surface area contributed by atoms with Crippen LogP contribution in [0, 0.1) is 0 Å². The van der Waals surface area contributed by atoms with Crippen LogP contribution in [0.15, 0.2) is 85.1 Å². The molecule has 338 valence electrons. The van der Waals surface area contributed by atoms with Crippen LogP contribution >= 0.6 is 7.82 Å². The van der Waals surface area contributed by atoms with Gasteiger partial charge in [-0.05, 0) is 96.8 Å². The van der Waals surface area contributed by atoms with Crippen molar-refractivity contribution >= 4 is 19.8 Å². The summed E-state index contributed by atoms with van der Waals surface area (Å²) in [6.45, 7) is 3.61. The lowest BCUT2D eigenvalue weighted by Gasteiger charge is -2.28. The third-order valence-corrected chi connectivity index (χ3v) is 9.87. The van der Waals surface area contributed by atoms with Gasteiger partial charge in [-0.25, -0.2) is 0 Å². The largest absolute Gasteiger partial charge is 0.756 e. The van der Waals surface area contributed by atoms with Gasteiger partial charge in [0.2, 0.25) is 0 Å². The van der Waals surface area contributed by atoms with Crippen molar-refractivity contribution < 1.29 is 47.2 Å². The van der Waals surface area contributed by atoms with E-state index in [2.05, 4.69) is 79.8 Å². The zero-order valence-electron chi connectivity index (χ0n) is 37.5. The summed E-state index contributed by atoms with van der Waals surface area (Å²) < 4.78 is 33.7. The number of nitrogens with zero attached hydrogens (tertiary/aromatic N) is 1. The molecule has 0 aromatic rings. The van der Waals surface area contributed by atoms with Gasteiger partial charge in [0, 0.05) is 12.8 Å². The Bertz CT molecular complexity index is 1290. The number of esters is 2. The van der Waals surface area contributed by atoms with Crippen LogP contribution in [0.4, 0.5) is 0 Å². The third-order valence-electron chi connectivity index (χ3n) is 8.91. The van der Waals surface area contributed by atoms with Crippen LogP contribution in [0.3, 0.4) is 0 Å². The SMILES string of the molecule is CCCCCCCC/C=C\C/C=C\C/C=C\CCCC(=O)O[C@H](COC(=O)CCC/C=C\C/C=C\C/C=C\C/C=C\CCC[C@@H](C)O)COP(=O)([O-])OCC[N+](C)(C)C. The molecule has 0 radical (unpaired) electrons. The van der Waals surface area contributed by atoms with Crippen LogP contribution < -0.4 is 4.89 Å². The Kier molecular flexibility index (Phi) is 37.4. The number of allylic oxidation sites excluding steroid dienone is 14. The van der Waals surface area contributed by atoms with Crippen molar-refractivity contribution in [1.29, 1.82) is 0 Å². The number of hydrogen-bond acceptors (Lipinski definition) is 9. The molecule has 3 atom stereocenters. The standard InChI is InChI=1S/C48H82NO9P/c1-6-7-8-9-10-11-12-13-14-15-18-22-25-28-31-34-37-40-48(52)58-46(44-57-59(53,54)56-42-41-49(3,4)5)43-55-47(51)39-36-33-30-27-24-21-19-16-17-20-23-26-29-32-35-38-45(2)50/h13-14,17-22,26-31,45-46,50H,6-12,15-16,23-25,32-44H2,1-5H3/b14-13-,20-17-,21-19-,22-18-,29-26-,30-27-,31-28-/t45-,46-/m1/s1. The van der Waals surface area contributed by atoms with E-state index < -0.39 is 32.5 Å². The molecule has 10 nitrogen and oxygen atoms in total. The predicted octanol–water partition coefficient (Wildman–Crippen LogP) is 11.1. The molecule has 0 fully saturated rings. The van der Waals surface area contributed by atoms with Crippen molar-refractivity contribution in [1.82, 2.24) is 0 Å². The summed E-state index contributed by atoms with van der Waals surface area (Å²) in [4.78, 5) is 37.5. The van der Waals surface area contributed by atoms with E-state index in [0.717, 1.165) is 57.8 Å². The molecule has 11 heteroatoms. The second-order valence-electron chi connectivity index (χ2n) is 16.0. The van der Waals surface area contributed by atoms with Crippen LogP contribution in [0.2, 0.25) is 0 Å². The summed E-state index contributed by atoms with van der Waals surface area (Å²) in [5, 5.41) is 9.27. The van der Waals surface area contributed by atoms with Crippen molar-refractivity contribution in [3.63, 3.8) is 0 Å². The van der Waals surface area contributed by atoms with Crippen molar-refractivity contribution in [3.05, 3.63) is 85.1 Å². The van der Waals surface area contributed by atoms with Gasteiger partial charge in [0.1, 0.15) is 19.8 Å². The van der Waals surface area contributed by atoms with Gasteiger partial charge in [0.15, 0.2) is 6.10 Å². The molecule has 0 aromatic carbocycles. The van der Waals surface area contributed by atoms with Gasteiger partial charge in [-0.1, -0.05) is 124 Å². The first kappa shape index (κ1) is 56.1. The van der Waals surface area contributed by atoms with E-state index in [1.165, 1.54) is 38.5 Å². The summed E-state index contributed by atoms with van der Waals surface area (Å²) in [5.74, 6) is -0.987. The molecule has 0 rings (SSSR count). The maximum absolute atomic E-state index is 12.7. The molecule has 0 heterocycles. The van der Waals surface area contributed by atoms with Gasteiger partial charge >= 0.3 is 11.9 Å². The monoisotopic (exact) mass is 848 g/mol. The highest BCUT2D eigenvalue weighted by Gasteiger charge is 2.21. The smallest absolute Gasteiger partial charge is 0.306 e. The summed E-state index contributed by atoms with van der Waals surface area (Å²) in [6.07, 6.45) is 47.6. The summed E-state index contributed by atoms with van der Waals surface area (Å²) in [5.41, 5.74) is 0. The van der Waals surface area contributed by atoms with E-state index in [9.17, 15) is 24.2 Å². The van der Waals surface area contributed by atoms with E-state index in [4.69, 9.17) is 18.5 Å². The maximum Gasteiger partial charge on any atom is 0.306 e. The Labute approximate surface area is 359 Å². The molecule has 1 N–H and O–H groups in total. The predicted molar refractivity (Wildman–Crippen MR) is 242 cm³/mol. The molecule has 0 spiro atoms. The first-order valence-corrected chi connectivity index (χ1v) is 23.8. The highest BCUT2D eigenvalue weighted by molar-refractivity contribution is 7.45. The zero-order valence-corrected chi connectivity index (χ0v) is 38.4. The molecular weight excluding hydrogens is 766 g/mol. The molecule has 59 heavy (non-hydrogen) atoms. The Morgan fingerprint density at radius 3 is 1.54 bits per heavy atom. The number of unbranched alkanes of at least 4 members (excludes halogenated alkanes) is 9. The number of quaternary nitrogens is 1. The lowest BCUT2D eigenvalue weighted by molar-refractivity contribution is -0.870. The van der Waals surface area contributed by atoms with Crippen LogP contribution in [-0.2, 0) is 32.7 Å². The van der Waals surface area contributed by atoms with E-state index >= 15 is 0 Å². The minimum Gasteiger partial charge on any atom is -0.756 e. The van der Waals surface area contributed by atoms with Gasteiger partial charge in [-0.15, -0.1) is 0 Å². The fourth-order valence-corrected chi connectivity index (χ4v) is 6.11. The fourth-order valence-electron chi connectivity index (χ4n) is 5.39. The topological polar surface area (TPSA) is 131 Å². The minimum atomic E-state index is -4.66. The number of rotatable bonds is 39. The van der Waals surface area contributed by atoms with Crippen LogP contribution in [0.25, 0.3) is 0 Å². The number of phosphoric acid groups is 1. The number of aliphatic hydroxyl groups excluding tert-OH is 1. The lowest BCUT2D eigenvalue weighted by Crippen LogP contribution is -2.37. The molecule has 0 aromatic heterocycles. The average molecular weight is 848 g/mol. The molecule has 0 saturated heterocycles. The van der Waals surface area contributed by atoms with Crippen molar-refractivity contribution in [2.24, 2.45) is 0 Å². The van der Waals surface area contributed by atoms with Crippen LogP contribution in [-0.4, -0.2) is 81.2 Å². The zero-order chi connectivity index (χ0) is 43.7. The summed E-state index contributed by atoms with van der Waals surface area (Å²) in [6, 6.07) is 0. The van der Waals surface area contributed by atoms with Gasteiger partial charge in [-0.3, -0.25) is 14.2 Å². The first-order chi connectivity index (χ1) is 28.3. The number of carbonyl (C=O) groups excluding carboxylic acids is 2. The van der Waals surface area contributed by atoms with Crippen molar-refractivity contribution in [3.8, 4) is 0 Å². The minimum absolute atomic E-state index is 0.0583. The first-order valence-electron chi connectivity index (χ1n) is 22.3. The molecular formula is C48H82NO9P. The number of aliphatic hydroxyl groups is 1. The lowest BCUT2D eigenvalue weighted by atomic mass is 10.1. The van der Waals surface area contributed by atoms with Crippen molar-refractivity contribution in [2.45, 2.75) is 161 Å². The summed E-state index contributed by atoms with van der Waals surface area (Å²) >= 11 is 0. The second-order valence-corrected chi connectivity index (χ2v) is 17.4. The summed E-state index contributed by atoms with van der Waals surface area (Å²) in [7, 11) is 1.07.